The Bertz CT molecular complexity index is 288. The molecule has 0 N–H and O–H groups in total. The summed E-state index contributed by atoms with van der Waals surface area (Å²) in [5.74, 6) is 0. The molecule has 0 bridgehead atoms. The zero-order valence-electron chi connectivity index (χ0n) is 5.32. The topological polar surface area (TPSA) is 26.0 Å². The first kappa shape index (κ1) is 6.87. The highest BCUT2D eigenvalue weighted by Gasteiger charge is 1.91. The molecular weight excluding hydrogens is 125 g/mol. The van der Waals surface area contributed by atoms with Gasteiger partial charge >= 0.3 is 0 Å². The summed E-state index contributed by atoms with van der Waals surface area (Å²) in [6, 6.07) is 7.67. The van der Waals surface area contributed by atoms with E-state index in [1.165, 1.54) is 6.39 Å². The number of para-hydroxylation sites is 2. The Morgan fingerprint density at radius 3 is 2.80 bits per heavy atom. The second kappa shape index (κ2) is 2.56. The molecule has 0 aliphatic rings. The summed E-state index contributed by atoms with van der Waals surface area (Å²) in [7, 11) is 0. The molecule has 3 heteroatoms. The van der Waals surface area contributed by atoms with Crippen molar-refractivity contribution in [2.75, 3.05) is 0 Å². The zero-order chi connectivity index (χ0) is 6.10. The standard InChI is InChI=1S/C7H5NO.B/c1-2-4-7-6(3-1)8-5-9-7;/h1-5H;. The molecule has 2 nitrogen and oxygen atoms in total. The molecule has 0 unspecified atom stereocenters. The Morgan fingerprint density at radius 1 is 1.20 bits per heavy atom. The van der Waals surface area contributed by atoms with Crippen LogP contribution in [0.2, 0.25) is 0 Å². The number of fused-ring (bicyclic) bond motifs is 1. The van der Waals surface area contributed by atoms with Crippen LogP contribution in [0.15, 0.2) is 35.1 Å². The molecular formula is C7H5BNO. The van der Waals surface area contributed by atoms with Crippen molar-refractivity contribution in [3.8, 4) is 0 Å². The number of hydrogen-bond donors (Lipinski definition) is 0. The van der Waals surface area contributed by atoms with E-state index in [-0.39, 0.29) is 8.41 Å². The number of aromatic nitrogens is 1. The third-order valence-corrected chi connectivity index (χ3v) is 1.24. The summed E-state index contributed by atoms with van der Waals surface area (Å²) < 4.78 is 5.01. The van der Waals surface area contributed by atoms with E-state index in [1.54, 1.807) is 0 Å². The van der Waals surface area contributed by atoms with Gasteiger partial charge in [-0.05, 0) is 12.1 Å². The fourth-order valence-electron chi connectivity index (χ4n) is 0.803. The SMILES string of the molecule is [B].c1ccc2ocnc2c1. The van der Waals surface area contributed by atoms with Gasteiger partial charge in [-0.2, -0.15) is 0 Å². The molecule has 1 aromatic heterocycles. The quantitative estimate of drug-likeness (QED) is 0.504. The summed E-state index contributed by atoms with van der Waals surface area (Å²) in [4.78, 5) is 3.95. The maximum atomic E-state index is 5.01. The van der Waals surface area contributed by atoms with Crippen LogP contribution in [0.25, 0.3) is 11.1 Å². The molecule has 0 saturated heterocycles. The minimum absolute atomic E-state index is 0. The third kappa shape index (κ3) is 0.901. The first-order chi connectivity index (χ1) is 4.47. The van der Waals surface area contributed by atoms with Crippen LogP contribution in [-0.2, 0) is 0 Å². The normalized spacial score (nSPS) is 9.20. The van der Waals surface area contributed by atoms with E-state index >= 15 is 0 Å². The lowest BCUT2D eigenvalue weighted by molar-refractivity contribution is 0.602. The second-order valence-corrected chi connectivity index (χ2v) is 1.82. The number of hydrogen-bond acceptors (Lipinski definition) is 2. The van der Waals surface area contributed by atoms with Gasteiger partial charge in [0.2, 0.25) is 0 Å². The van der Waals surface area contributed by atoms with Crippen LogP contribution in [0.4, 0.5) is 0 Å². The van der Waals surface area contributed by atoms with E-state index < -0.39 is 0 Å². The molecule has 0 spiro atoms. The molecule has 2 rings (SSSR count). The highest BCUT2D eigenvalue weighted by Crippen LogP contribution is 2.09. The fourth-order valence-corrected chi connectivity index (χ4v) is 0.803. The Morgan fingerprint density at radius 2 is 2.00 bits per heavy atom. The molecule has 0 aliphatic heterocycles. The minimum Gasteiger partial charge on any atom is -0.443 e. The highest BCUT2D eigenvalue weighted by molar-refractivity contribution is 5.75. The monoisotopic (exact) mass is 130 g/mol. The maximum Gasteiger partial charge on any atom is 0.181 e. The van der Waals surface area contributed by atoms with Crippen molar-refractivity contribution in [3.63, 3.8) is 0 Å². The van der Waals surface area contributed by atoms with Gasteiger partial charge in [-0.15, -0.1) is 0 Å². The van der Waals surface area contributed by atoms with Crippen LogP contribution in [0.5, 0.6) is 0 Å². The summed E-state index contributed by atoms with van der Waals surface area (Å²) in [6.45, 7) is 0. The van der Waals surface area contributed by atoms with Crippen LogP contribution in [-0.4, -0.2) is 13.4 Å². The summed E-state index contributed by atoms with van der Waals surface area (Å²) in [5.41, 5.74) is 1.76. The molecule has 1 aromatic carbocycles. The van der Waals surface area contributed by atoms with Gasteiger partial charge < -0.3 is 4.42 Å². The van der Waals surface area contributed by atoms with E-state index in [9.17, 15) is 0 Å². The lowest BCUT2D eigenvalue weighted by Crippen LogP contribution is -1.61. The first-order valence-electron chi connectivity index (χ1n) is 2.75. The van der Waals surface area contributed by atoms with Gasteiger partial charge in [0, 0.05) is 8.41 Å². The van der Waals surface area contributed by atoms with Crippen LogP contribution < -0.4 is 0 Å². The maximum absolute atomic E-state index is 5.01. The molecule has 0 fully saturated rings. The average Bonchev–Trinajstić information content (AvgIpc) is 2.33. The number of benzene rings is 1. The fraction of sp³-hybridized carbons (Fsp3) is 0. The van der Waals surface area contributed by atoms with Crippen molar-refractivity contribution in [3.05, 3.63) is 30.7 Å². The Hall–Kier alpha value is -1.25. The minimum atomic E-state index is 0. The number of rotatable bonds is 0. The lowest BCUT2D eigenvalue weighted by atomic mass is 10.3. The van der Waals surface area contributed by atoms with Crippen LogP contribution in [0.1, 0.15) is 0 Å². The van der Waals surface area contributed by atoms with Gasteiger partial charge in [0.25, 0.3) is 0 Å². The molecule has 2 aromatic rings. The first-order valence-corrected chi connectivity index (χ1v) is 2.75. The van der Waals surface area contributed by atoms with Gasteiger partial charge in [-0.25, -0.2) is 4.98 Å². The van der Waals surface area contributed by atoms with Crippen molar-refractivity contribution in [1.82, 2.24) is 4.98 Å². The van der Waals surface area contributed by atoms with Crippen LogP contribution in [0, 0.1) is 0 Å². The van der Waals surface area contributed by atoms with Crippen molar-refractivity contribution in [1.29, 1.82) is 0 Å². The summed E-state index contributed by atoms with van der Waals surface area (Å²) in [5, 5.41) is 0. The van der Waals surface area contributed by atoms with E-state index in [0.717, 1.165) is 11.1 Å². The van der Waals surface area contributed by atoms with Gasteiger partial charge in [0.1, 0.15) is 5.52 Å². The molecule has 3 radical (unpaired) electrons. The Kier molecular flexibility index (Phi) is 1.76. The molecule has 0 amide bonds. The van der Waals surface area contributed by atoms with E-state index in [2.05, 4.69) is 4.98 Å². The Labute approximate surface area is 60.4 Å². The molecule has 47 valence electrons. The summed E-state index contributed by atoms with van der Waals surface area (Å²) >= 11 is 0. The molecule has 0 aliphatic carbocycles. The predicted molar refractivity (Wildman–Crippen MR) is 39.8 cm³/mol. The zero-order valence-corrected chi connectivity index (χ0v) is 5.32. The van der Waals surface area contributed by atoms with Crippen LogP contribution >= 0.6 is 0 Å². The van der Waals surface area contributed by atoms with Crippen molar-refractivity contribution in [2.45, 2.75) is 0 Å². The number of nitrogens with zero attached hydrogens (tertiary/aromatic N) is 1. The summed E-state index contributed by atoms with van der Waals surface area (Å²) in [6.07, 6.45) is 1.45. The average molecular weight is 130 g/mol. The van der Waals surface area contributed by atoms with Crippen LogP contribution in [0.3, 0.4) is 0 Å². The van der Waals surface area contributed by atoms with Gasteiger partial charge in [0.05, 0.1) is 0 Å². The second-order valence-electron chi connectivity index (χ2n) is 1.82. The lowest BCUT2D eigenvalue weighted by Gasteiger charge is -1.79. The van der Waals surface area contributed by atoms with Crippen molar-refractivity contribution in [2.24, 2.45) is 0 Å². The van der Waals surface area contributed by atoms with Crippen molar-refractivity contribution >= 4 is 19.5 Å². The third-order valence-electron chi connectivity index (χ3n) is 1.24. The smallest absolute Gasteiger partial charge is 0.181 e. The molecule has 1 heterocycles. The molecule has 10 heavy (non-hydrogen) atoms. The van der Waals surface area contributed by atoms with E-state index in [0.29, 0.717) is 0 Å². The predicted octanol–water partition coefficient (Wildman–Crippen LogP) is 1.45. The van der Waals surface area contributed by atoms with E-state index in [1.807, 2.05) is 24.3 Å². The largest absolute Gasteiger partial charge is 0.443 e. The molecule has 0 atom stereocenters. The van der Waals surface area contributed by atoms with Crippen molar-refractivity contribution < 1.29 is 4.42 Å². The highest BCUT2D eigenvalue weighted by atomic mass is 16.3. The molecule has 0 saturated carbocycles. The van der Waals surface area contributed by atoms with Gasteiger partial charge in [-0.3, -0.25) is 0 Å². The Balaban J connectivity index is 0.000000500. The van der Waals surface area contributed by atoms with Gasteiger partial charge in [-0.1, -0.05) is 12.1 Å². The van der Waals surface area contributed by atoms with Gasteiger partial charge in [0.15, 0.2) is 12.0 Å². The van der Waals surface area contributed by atoms with E-state index in [4.69, 9.17) is 4.42 Å². The number of oxazole rings is 1.